The largest absolute Gasteiger partial charge is 0.390 e. The molecule has 2 N–H and O–H groups in total. The topological polar surface area (TPSA) is 70.8 Å². The molecule has 1 aromatic heterocycles. The van der Waals surface area contributed by atoms with Gasteiger partial charge in [-0.1, -0.05) is 19.1 Å². The Balaban J connectivity index is 1.60. The maximum atomic E-state index is 10.1. The highest BCUT2D eigenvalue weighted by Gasteiger charge is 2.32. The zero-order valence-corrected chi connectivity index (χ0v) is 14.0. The second-order valence-electron chi connectivity index (χ2n) is 6.30. The zero-order chi connectivity index (χ0) is 16.9. The minimum absolute atomic E-state index is 0.0583. The molecule has 1 fully saturated rings. The molecule has 2 heterocycles. The molecule has 0 aliphatic carbocycles. The molecule has 0 radical (unpaired) electrons. The first-order valence-electron chi connectivity index (χ1n) is 8.42. The van der Waals surface area contributed by atoms with Crippen molar-refractivity contribution in [1.29, 1.82) is 0 Å². The van der Waals surface area contributed by atoms with Gasteiger partial charge in [0, 0.05) is 31.4 Å². The molecule has 1 aromatic carbocycles. The first-order valence-corrected chi connectivity index (χ1v) is 8.42. The molecule has 2 aromatic rings. The van der Waals surface area contributed by atoms with E-state index in [4.69, 9.17) is 4.74 Å². The Kier molecular flexibility index (Phi) is 5.63. The van der Waals surface area contributed by atoms with Gasteiger partial charge in [0.2, 0.25) is 0 Å². The molecule has 0 bridgehead atoms. The minimum Gasteiger partial charge on any atom is -0.390 e. The highest BCUT2D eigenvalue weighted by molar-refractivity contribution is 5.33. The van der Waals surface area contributed by atoms with Crippen LogP contribution in [-0.4, -0.2) is 63.4 Å². The van der Waals surface area contributed by atoms with Gasteiger partial charge < -0.3 is 14.9 Å². The van der Waals surface area contributed by atoms with Crippen molar-refractivity contribution in [3.05, 3.63) is 48.3 Å². The summed E-state index contributed by atoms with van der Waals surface area (Å²) in [4.78, 5) is 2.26. The third-order valence-electron chi connectivity index (χ3n) is 4.55. The van der Waals surface area contributed by atoms with Crippen LogP contribution in [0.5, 0.6) is 0 Å². The number of benzene rings is 1. The summed E-state index contributed by atoms with van der Waals surface area (Å²) in [6.07, 6.45) is 2.19. The van der Waals surface area contributed by atoms with Crippen molar-refractivity contribution in [1.82, 2.24) is 14.7 Å². The molecule has 1 saturated heterocycles. The normalized spacial score (nSPS) is 24.4. The van der Waals surface area contributed by atoms with Gasteiger partial charge in [0.1, 0.15) is 6.10 Å². The molecule has 0 unspecified atom stereocenters. The fraction of sp³-hybridized carbons (Fsp3) is 0.500. The molecule has 1 aliphatic rings. The maximum Gasteiger partial charge on any atom is 0.104 e. The molecule has 3 rings (SSSR count). The van der Waals surface area contributed by atoms with Crippen molar-refractivity contribution >= 4 is 0 Å². The lowest BCUT2D eigenvalue weighted by Crippen LogP contribution is -2.48. The van der Waals surface area contributed by atoms with Gasteiger partial charge in [-0.25, -0.2) is 4.68 Å². The number of aromatic nitrogens is 2. The fourth-order valence-electron chi connectivity index (χ4n) is 3.08. The molecule has 1 aliphatic heterocycles. The summed E-state index contributed by atoms with van der Waals surface area (Å²) < 4.78 is 7.20. The van der Waals surface area contributed by atoms with Crippen LogP contribution in [0, 0.1) is 5.92 Å². The lowest BCUT2D eigenvalue weighted by atomic mass is 9.95. The van der Waals surface area contributed by atoms with Crippen LogP contribution in [0.4, 0.5) is 0 Å². The molecule has 0 saturated carbocycles. The first-order chi connectivity index (χ1) is 11.7. The van der Waals surface area contributed by atoms with Crippen LogP contribution in [0.1, 0.15) is 12.5 Å². The van der Waals surface area contributed by atoms with Gasteiger partial charge in [-0.2, -0.15) is 5.10 Å². The maximum absolute atomic E-state index is 10.1. The van der Waals surface area contributed by atoms with E-state index in [0.29, 0.717) is 13.2 Å². The molecular formula is C18H25N3O3. The highest BCUT2D eigenvalue weighted by Crippen LogP contribution is 2.18. The third kappa shape index (κ3) is 4.02. The second kappa shape index (κ2) is 7.90. The van der Waals surface area contributed by atoms with E-state index in [-0.39, 0.29) is 12.5 Å². The molecule has 3 atom stereocenters. The predicted octanol–water partition coefficient (Wildman–Crippen LogP) is 1.06. The van der Waals surface area contributed by atoms with E-state index in [1.54, 1.807) is 6.20 Å². The number of aliphatic hydroxyl groups is 2. The summed E-state index contributed by atoms with van der Waals surface area (Å²) in [6, 6.07) is 10.2. The van der Waals surface area contributed by atoms with E-state index in [2.05, 4.69) is 41.2 Å². The van der Waals surface area contributed by atoms with E-state index in [0.717, 1.165) is 18.8 Å². The van der Waals surface area contributed by atoms with Crippen LogP contribution < -0.4 is 0 Å². The van der Waals surface area contributed by atoms with Crippen molar-refractivity contribution in [3.8, 4) is 5.69 Å². The number of aliphatic hydroxyl groups excluding tert-OH is 2. The lowest BCUT2D eigenvalue weighted by Gasteiger charge is -2.35. The Hall–Kier alpha value is -1.73. The Morgan fingerprint density at radius 2 is 2.04 bits per heavy atom. The standard InChI is InChI=1S/C18H25N3O3/c1-2-20(11-15-12-24-13-17(22)18(15)23)10-14-4-6-16(7-5-14)21-9-3-8-19-21/h3-9,15,17-18,22-23H,2,10-13H2,1H3/t15-,17-,18+/m1/s1. The summed E-state index contributed by atoms with van der Waals surface area (Å²) in [5.41, 5.74) is 2.24. The first kappa shape index (κ1) is 17.1. The number of hydrogen-bond acceptors (Lipinski definition) is 5. The van der Waals surface area contributed by atoms with Crippen molar-refractivity contribution < 1.29 is 14.9 Å². The third-order valence-corrected chi connectivity index (χ3v) is 4.55. The van der Waals surface area contributed by atoms with E-state index >= 15 is 0 Å². The van der Waals surface area contributed by atoms with Crippen LogP contribution in [-0.2, 0) is 11.3 Å². The quantitative estimate of drug-likeness (QED) is 0.828. The van der Waals surface area contributed by atoms with E-state index in [1.165, 1.54) is 5.56 Å². The van der Waals surface area contributed by atoms with Crippen molar-refractivity contribution in [2.75, 3.05) is 26.3 Å². The number of hydrogen-bond donors (Lipinski definition) is 2. The lowest BCUT2D eigenvalue weighted by molar-refractivity contribution is -0.126. The number of ether oxygens (including phenoxy) is 1. The van der Waals surface area contributed by atoms with Crippen molar-refractivity contribution in [2.24, 2.45) is 5.92 Å². The Labute approximate surface area is 142 Å². The zero-order valence-electron chi connectivity index (χ0n) is 14.0. The molecule has 0 spiro atoms. The van der Waals surface area contributed by atoms with Crippen LogP contribution in [0.2, 0.25) is 0 Å². The van der Waals surface area contributed by atoms with Gasteiger partial charge in [0.15, 0.2) is 0 Å². The molecule has 24 heavy (non-hydrogen) atoms. The van der Waals surface area contributed by atoms with Gasteiger partial charge in [-0.3, -0.25) is 4.90 Å². The fourth-order valence-corrected chi connectivity index (χ4v) is 3.08. The van der Waals surface area contributed by atoms with Crippen LogP contribution in [0.3, 0.4) is 0 Å². The molecular weight excluding hydrogens is 306 g/mol. The summed E-state index contributed by atoms with van der Waals surface area (Å²) in [6.45, 7) is 5.20. The SMILES string of the molecule is CCN(Cc1ccc(-n2cccn2)cc1)C[C@@H]1COC[C@@H](O)[C@H]1O. The summed E-state index contributed by atoms with van der Waals surface area (Å²) in [7, 11) is 0. The van der Waals surface area contributed by atoms with Gasteiger partial charge in [-0.15, -0.1) is 0 Å². The Bertz CT molecular complexity index is 615. The van der Waals surface area contributed by atoms with Gasteiger partial charge in [-0.05, 0) is 30.3 Å². The summed E-state index contributed by atoms with van der Waals surface area (Å²) in [5.74, 6) is -0.0583. The molecule has 6 heteroatoms. The van der Waals surface area contributed by atoms with Crippen LogP contribution >= 0.6 is 0 Å². The van der Waals surface area contributed by atoms with E-state index in [1.807, 2.05) is 16.9 Å². The Morgan fingerprint density at radius 1 is 1.25 bits per heavy atom. The highest BCUT2D eigenvalue weighted by atomic mass is 16.5. The average Bonchev–Trinajstić information content (AvgIpc) is 3.13. The van der Waals surface area contributed by atoms with Crippen molar-refractivity contribution in [2.45, 2.75) is 25.7 Å². The van der Waals surface area contributed by atoms with Gasteiger partial charge >= 0.3 is 0 Å². The molecule has 0 amide bonds. The van der Waals surface area contributed by atoms with Gasteiger partial charge in [0.25, 0.3) is 0 Å². The summed E-state index contributed by atoms with van der Waals surface area (Å²) in [5, 5.41) is 24.1. The second-order valence-corrected chi connectivity index (χ2v) is 6.30. The van der Waals surface area contributed by atoms with Crippen molar-refractivity contribution in [3.63, 3.8) is 0 Å². The average molecular weight is 331 g/mol. The van der Waals surface area contributed by atoms with E-state index < -0.39 is 12.2 Å². The molecule has 130 valence electrons. The Morgan fingerprint density at radius 3 is 2.71 bits per heavy atom. The summed E-state index contributed by atoms with van der Waals surface area (Å²) >= 11 is 0. The number of rotatable bonds is 6. The van der Waals surface area contributed by atoms with Gasteiger partial charge in [0.05, 0.1) is 25.0 Å². The minimum atomic E-state index is -0.782. The van der Waals surface area contributed by atoms with Crippen LogP contribution in [0.25, 0.3) is 5.69 Å². The number of nitrogens with zero attached hydrogens (tertiary/aromatic N) is 3. The predicted molar refractivity (Wildman–Crippen MR) is 90.8 cm³/mol. The van der Waals surface area contributed by atoms with Crippen LogP contribution in [0.15, 0.2) is 42.7 Å². The smallest absolute Gasteiger partial charge is 0.104 e. The monoisotopic (exact) mass is 331 g/mol. The van der Waals surface area contributed by atoms with E-state index in [9.17, 15) is 10.2 Å². The molecule has 6 nitrogen and oxygen atoms in total.